The van der Waals surface area contributed by atoms with Gasteiger partial charge in [-0.05, 0) is 37.6 Å². The summed E-state index contributed by atoms with van der Waals surface area (Å²) in [5.41, 5.74) is 1.27. The highest BCUT2D eigenvalue weighted by Crippen LogP contribution is 2.19. The van der Waals surface area contributed by atoms with E-state index in [9.17, 15) is 0 Å². The zero-order valence-electron chi connectivity index (χ0n) is 16.6. The Labute approximate surface area is 170 Å². The summed E-state index contributed by atoms with van der Waals surface area (Å²) in [6, 6.07) is 14.6. The van der Waals surface area contributed by atoms with E-state index < -0.39 is 0 Å². The van der Waals surface area contributed by atoms with Crippen molar-refractivity contribution in [3.63, 3.8) is 0 Å². The van der Waals surface area contributed by atoms with Gasteiger partial charge in [-0.1, -0.05) is 18.2 Å². The second-order valence-electron chi connectivity index (χ2n) is 7.01. The van der Waals surface area contributed by atoms with Crippen LogP contribution in [0, 0.1) is 0 Å². The fourth-order valence-corrected chi connectivity index (χ4v) is 3.46. The molecule has 1 atom stereocenters. The molecule has 152 valence electrons. The molecule has 1 unspecified atom stereocenters. The molecule has 0 amide bonds. The fraction of sp³-hybridized carbons (Fsp3) is 0.381. The van der Waals surface area contributed by atoms with Crippen LogP contribution in [0.2, 0.25) is 0 Å². The lowest BCUT2D eigenvalue weighted by molar-refractivity contribution is 0.577. The number of nitrogens with zero attached hydrogens (tertiary/aromatic N) is 4. The minimum atomic E-state index is 0.379. The van der Waals surface area contributed by atoms with Gasteiger partial charge in [-0.2, -0.15) is 5.10 Å². The predicted octanol–water partition coefficient (Wildman–Crippen LogP) is 2.44. The van der Waals surface area contributed by atoms with Gasteiger partial charge in [0.15, 0.2) is 11.7 Å². The Morgan fingerprint density at radius 3 is 2.97 bits per heavy atom. The van der Waals surface area contributed by atoms with Crippen molar-refractivity contribution in [3.05, 3.63) is 54.6 Å². The lowest BCUT2D eigenvalue weighted by atomic mass is 10.3. The molecule has 8 heteroatoms. The van der Waals surface area contributed by atoms with E-state index in [2.05, 4.69) is 68.0 Å². The third kappa shape index (κ3) is 4.96. The van der Waals surface area contributed by atoms with E-state index in [0.29, 0.717) is 30.6 Å². The van der Waals surface area contributed by atoms with Gasteiger partial charge < -0.3 is 20.0 Å². The third-order valence-electron chi connectivity index (χ3n) is 4.89. The Morgan fingerprint density at radius 2 is 2.17 bits per heavy atom. The number of guanidine groups is 1. The first-order valence-electron chi connectivity index (χ1n) is 10.1. The quantitative estimate of drug-likeness (QED) is 0.422. The number of hydrogen-bond donors (Lipinski definition) is 3. The van der Waals surface area contributed by atoms with Gasteiger partial charge in [0.05, 0.1) is 6.26 Å². The maximum absolute atomic E-state index is 5.33. The van der Waals surface area contributed by atoms with Crippen LogP contribution in [0.5, 0.6) is 0 Å². The molecule has 8 nitrogen and oxygen atoms in total. The maximum Gasteiger partial charge on any atom is 0.216 e. The van der Waals surface area contributed by atoms with Crippen molar-refractivity contribution in [2.45, 2.75) is 25.8 Å². The van der Waals surface area contributed by atoms with Crippen molar-refractivity contribution in [1.82, 2.24) is 25.8 Å². The molecule has 3 heterocycles. The zero-order valence-corrected chi connectivity index (χ0v) is 16.6. The number of aromatic nitrogens is 3. The molecule has 0 aliphatic carbocycles. The number of benzene rings is 1. The molecule has 1 aliphatic heterocycles. The van der Waals surface area contributed by atoms with Gasteiger partial charge in [-0.25, -0.2) is 4.98 Å². The van der Waals surface area contributed by atoms with Crippen molar-refractivity contribution in [3.8, 4) is 11.6 Å². The van der Waals surface area contributed by atoms with Crippen molar-refractivity contribution in [1.29, 1.82) is 0 Å². The Balaban J connectivity index is 1.30. The number of rotatable bonds is 7. The molecule has 29 heavy (non-hydrogen) atoms. The molecule has 0 saturated carbocycles. The molecular formula is C21H27N7O. The monoisotopic (exact) mass is 393 g/mol. The van der Waals surface area contributed by atoms with Gasteiger partial charge in [-0.15, -0.1) is 0 Å². The van der Waals surface area contributed by atoms with Gasteiger partial charge in [0.1, 0.15) is 5.82 Å². The molecule has 3 N–H and O–H groups in total. The largest absolute Gasteiger partial charge is 0.461 e. The summed E-state index contributed by atoms with van der Waals surface area (Å²) in [5.74, 6) is 2.88. The first-order chi connectivity index (χ1) is 14.3. The number of anilines is 1. The first-order valence-corrected chi connectivity index (χ1v) is 10.1. The lowest BCUT2D eigenvalue weighted by Crippen LogP contribution is -2.44. The van der Waals surface area contributed by atoms with Gasteiger partial charge >= 0.3 is 0 Å². The van der Waals surface area contributed by atoms with Crippen molar-refractivity contribution < 1.29 is 4.42 Å². The standard InChI is InChI=1S/C21H27N7O/c1-2-22-21(24-16-11-13-28(15-16)17-7-4-3-5-8-17)23-12-10-19-25-20(27-26-19)18-9-6-14-29-18/h3-9,14,16H,2,10-13,15H2,1H3,(H2,22,23,24)(H,25,26,27). The minimum absolute atomic E-state index is 0.379. The number of para-hydroxylation sites is 1. The van der Waals surface area contributed by atoms with Crippen LogP contribution in [0.3, 0.4) is 0 Å². The molecule has 1 fully saturated rings. The Kier molecular flexibility index (Phi) is 6.09. The summed E-state index contributed by atoms with van der Waals surface area (Å²) in [6.45, 7) is 5.55. The molecule has 2 aromatic heterocycles. The van der Waals surface area contributed by atoms with Gasteiger partial charge in [-0.3, -0.25) is 10.1 Å². The fourth-order valence-electron chi connectivity index (χ4n) is 3.46. The summed E-state index contributed by atoms with van der Waals surface area (Å²) < 4.78 is 5.33. The number of hydrogen-bond acceptors (Lipinski definition) is 5. The first kappa shape index (κ1) is 19.0. The Morgan fingerprint density at radius 1 is 1.28 bits per heavy atom. The molecule has 1 saturated heterocycles. The van der Waals surface area contributed by atoms with E-state index in [1.165, 1.54) is 5.69 Å². The number of furan rings is 1. The van der Waals surface area contributed by atoms with Crippen LogP contribution in [0.1, 0.15) is 19.2 Å². The van der Waals surface area contributed by atoms with Gasteiger partial charge in [0, 0.05) is 44.3 Å². The number of aliphatic imine (C=N–C) groups is 1. The maximum atomic E-state index is 5.33. The molecule has 0 radical (unpaired) electrons. The minimum Gasteiger partial charge on any atom is -0.461 e. The molecule has 1 aliphatic rings. The summed E-state index contributed by atoms with van der Waals surface area (Å²) in [5, 5.41) is 14.1. The number of H-pyrrole nitrogens is 1. The predicted molar refractivity (Wildman–Crippen MR) is 114 cm³/mol. The normalized spacial score (nSPS) is 16.9. The summed E-state index contributed by atoms with van der Waals surface area (Å²) in [7, 11) is 0. The topological polar surface area (TPSA) is 94.4 Å². The summed E-state index contributed by atoms with van der Waals surface area (Å²) in [6.07, 6.45) is 3.39. The van der Waals surface area contributed by atoms with Crippen molar-refractivity contribution in [2.24, 2.45) is 4.99 Å². The van der Waals surface area contributed by atoms with Crippen LogP contribution >= 0.6 is 0 Å². The van der Waals surface area contributed by atoms with Crippen LogP contribution in [0.25, 0.3) is 11.6 Å². The molecule has 3 aromatic rings. The number of aromatic amines is 1. The molecule has 4 rings (SSSR count). The van der Waals surface area contributed by atoms with Crippen molar-refractivity contribution >= 4 is 11.6 Å². The second-order valence-corrected chi connectivity index (χ2v) is 7.01. The third-order valence-corrected chi connectivity index (χ3v) is 4.89. The van der Waals surface area contributed by atoms with Crippen molar-refractivity contribution in [2.75, 3.05) is 31.1 Å². The van der Waals surface area contributed by atoms with E-state index >= 15 is 0 Å². The smallest absolute Gasteiger partial charge is 0.216 e. The molecule has 0 bridgehead atoms. The number of nitrogens with one attached hydrogen (secondary N) is 3. The van der Waals surface area contributed by atoms with Crippen LogP contribution < -0.4 is 15.5 Å². The van der Waals surface area contributed by atoms with E-state index in [1.54, 1.807) is 6.26 Å². The molecular weight excluding hydrogens is 366 g/mol. The van der Waals surface area contributed by atoms with E-state index in [4.69, 9.17) is 9.41 Å². The molecule has 1 aromatic carbocycles. The van der Waals surface area contributed by atoms with E-state index in [1.807, 2.05) is 12.1 Å². The van der Waals surface area contributed by atoms with E-state index in [-0.39, 0.29) is 0 Å². The molecule has 0 spiro atoms. The summed E-state index contributed by atoms with van der Waals surface area (Å²) >= 11 is 0. The average Bonchev–Trinajstić information content (AvgIpc) is 3.50. The zero-order chi connectivity index (χ0) is 19.9. The lowest BCUT2D eigenvalue weighted by Gasteiger charge is -2.20. The van der Waals surface area contributed by atoms with Gasteiger partial charge in [0.25, 0.3) is 0 Å². The highest BCUT2D eigenvalue weighted by atomic mass is 16.3. The highest BCUT2D eigenvalue weighted by Gasteiger charge is 2.23. The highest BCUT2D eigenvalue weighted by molar-refractivity contribution is 5.80. The van der Waals surface area contributed by atoms with Crippen LogP contribution in [0.4, 0.5) is 5.69 Å². The Bertz CT molecular complexity index is 904. The average molecular weight is 393 g/mol. The second kappa shape index (κ2) is 9.27. The van der Waals surface area contributed by atoms with Crippen LogP contribution in [-0.4, -0.2) is 53.4 Å². The summed E-state index contributed by atoms with van der Waals surface area (Å²) in [4.78, 5) is 11.6. The SMILES string of the molecule is CCNC(=NCCc1nc(-c2ccco2)n[nH]1)NC1CCN(c2ccccc2)C1. The van der Waals surface area contributed by atoms with Crippen LogP contribution in [-0.2, 0) is 6.42 Å². The van der Waals surface area contributed by atoms with Gasteiger partial charge in [0.2, 0.25) is 5.82 Å². The Hall–Kier alpha value is -3.29. The van der Waals surface area contributed by atoms with E-state index in [0.717, 1.165) is 37.8 Å². The van der Waals surface area contributed by atoms with Crippen LogP contribution in [0.15, 0.2) is 58.1 Å².